The topological polar surface area (TPSA) is 136 Å². The Morgan fingerprint density at radius 1 is 1.10 bits per heavy atom. The maximum Gasteiger partial charge on any atom is 0.296 e. The Hall–Kier alpha value is -4.34. The quantitative estimate of drug-likeness (QED) is 0.354. The number of benzene rings is 2. The fourth-order valence-electron chi connectivity index (χ4n) is 2.78. The number of methoxy groups -OCH3 is 1. The highest BCUT2D eigenvalue weighted by atomic mass is 16.6. The number of hydrogen-bond donors (Lipinski definition) is 3. The number of nitro benzene ring substituents is 1. The average molecular weight is 424 g/mol. The van der Waals surface area contributed by atoms with Crippen molar-refractivity contribution in [2.45, 2.75) is 6.54 Å². The first-order valence-electron chi connectivity index (χ1n) is 9.23. The lowest BCUT2D eigenvalue weighted by Gasteiger charge is -2.12. The summed E-state index contributed by atoms with van der Waals surface area (Å²) in [6.45, 7) is 0.0213. The van der Waals surface area contributed by atoms with Gasteiger partial charge in [-0.15, -0.1) is 0 Å². The lowest BCUT2D eigenvalue weighted by Crippen LogP contribution is -2.26. The number of para-hydroxylation sites is 1. The van der Waals surface area contributed by atoms with Crippen LogP contribution in [0.3, 0.4) is 0 Å². The molecule has 1 heterocycles. The summed E-state index contributed by atoms with van der Waals surface area (Å²) in [7, 11) is 1.39. The van der Waals surface area contributed by atoms with Crippen molar-refractivity contribution < 1.29 is 23.7 Å². The third-order valence-corrected chi connectivity index (χ3v) is 4.29. The Bertz CT molecular complexity index is 1080. The normalized spacial score (nSPS) is 10.2. The first-order valence-corrected chi connectivity index (χ1v) is 9.23. The van der Waals surface area contributed by atoms with Gasteiger partial charge in [-0.25, -0.2) is 0 Å². The summed E-state index contributed by atoms with van der Waals surface area (Å²) >= 11 is 0. The van der Waals surface area contributed by atoms with Gasteiger partial charge in [0.05, 0.1) is 43.0 Å². The summed E-state index contributed by atoms with van der Waals surface area (Å²) in [6, 6.07) is 14.3. The first-order chi connectivity index (χ1) is 15.0. The van der Waals surface area contributed by atoms with Crippen LogP contribution in [0.4, 0.5) is 17.1 Å². The van der Waals surface area contributed by atoms with Crippen LogP contribution in [0.5, 0.6) is 5.75 Å². The van der Waals surface area contributed by atoms with Crippen LogP contribution in [-0.2, 0) is 11.3 Å². The van der Waals surface area contributed by atoms with E-state index in [0.29, 0.717) is 22.8 Å². The number of carbonyl (C=O) groups is 2. The van der Waals surface area contributed by atoms with Crippen molar-refractivity contribution in [1.82, 2.24) is 5.32 Å². The molecule has 0 fully saturated rings. The van der Waals surface area contributed by atoms with Crippen LogP contribution in [0.2, 0.25) is 0 Å². The Labute approximate surface area is 177 Å². The standard InChI is InChI=1S/C21H20N4O6/c1-30-14-8-9-18(19(11-14)25(28)29)24-20(26)13-22-17-7-3-2-6-16(17)21(27)23-12-15-5-4-10-31-15/h2-11,22H,12-13H2,1H3,(H,23,27)(H,24,26). The van der Waals surface area contributed by atoms with Gasteiger partial charge < -0.3 is 25.1 Å². The van der Waals surface area contributed by atoms with E-state index in [9.17, 15) is 19.7 Å². The number of rotatable bonds is 9. The van der Waals surface area contributed by atoms with Crippen LogP contribution >= 0.6 is 0 Å². The minimum atomic E-state index is -0.607. The van der Waals surface area contributed by atoms with Gasteiger partial charge in [0.2, 0.25) is 5.91 Å². The molecule has 10 heteroatoms. The lowest BCUT2D eigenvalue weighted by molar-refractivity contribution is -0.384. The number of nitro groups is 1. The molecule has 3 N–H and O–H groups in total. The van der Waals surface area contributed by atoms with E-state index in [1.165, 1.54) is 31.6 Å². The molecule has 0 aliphatic heterocycles. The molecule has 0 aliphatic rings. The van der Waals surface area contributed by atoms with Gasteiger partial charge in [-0.05, 0) is 36.4 Å². The van der Waals surface area contributed by atoms with Crippen molar-refractivity contribution in [1.29, 1.82) is 0 Å². The molecule has 0 saturated carbocycles. The number of carbonyl (C=O) groups excluding carboxylic acids is 2. The van der Waals surface area contributed by atoms with Gasteiger partial charge in [0.15, 0.2) is 0 Å². The van der Waals surface area contributed by atoms with Crippen molar-refractivity contribution in [2.24, 2.45) is 0 Å². The molecule has 2 aromatic carbocycles. The van der Waals surface area contributed by atoms with Gasteiger partial charge in [0, 0.05) is 5.69 Å². The van der Waals surface area contributed by atoms with E-state index in [-0.39, 0.29) is 30.4 Å². The predicted octanol–water partition coefficient (Wildman–Crippen LogP) is 3.18. The van der Waals surface area contributed by atoms with Crippen LogP contribution in [-0.4, -0.2) is 30.4 Å². The molecule has 1 aromatic heterocycles. The highest BCUT2D eigenvalue weighted by Gasteiger charge is 2.18. The molecule has 0 saturated heterocycles. The molecule has 3 aromatic rings. The molecule has 3 rings (SSSR count). The zero-order chi connectivity index (χ0) is 22.2. The van der Waals surface area contributed by atoms with Crippen molar-refractivity contribution in [2.75, 3.05) is 24.3 Å². The number of furan rings is 1. The summed E-state index contributed by atoms with van der Waals surface area (Å²) < 4.78 is 10.2. The van der Waals surface area contributed by atoms with E-state index in [1.807, 2.05) is 0 Å². The van der Waals surface area contributed by atoms with E-state index in [1.54, 1.807) is 36.4 Å². The fraction of sp³-hybridized carbons (Fsp3) is 0.143. The van der Waals surface area contributed by atoms with E-state index < -0.39 is 10.8 Å². The molecule has 0 unspecified atom stereocenters. The third-order valence-electron chi connectivity index (χ3n) is 4.29. The van der Waals surface area contributed by atoms with Crippen molar-refractivity contribution in [3.63, 3.8) is 0 Å². The van der Waals surface area contributed by atoms with Gasteiger partial charge in [0.1, 0.15) is 17.2 Å². The molecule has 0 bridgehead atoms. The molecule has 0 atom stereocenters. The second-order valence-corrected chi connectivity index (χ2v) is 6.35. The summed E-state index contributed by atoms with van der Waals surface area (Å²) in [5, 5.41) is 19.4. The Kier molecular flexibility index (Phi) is 6.84. The second-order valence-electron chi connectivity index (χ2n) is 6.35. The first kappa shape index (κ1) is 21.4. The molecule has 10 nitrogen and oxygen atoms in total. The molecule has 160 valence electrons. The van der Waals surface area contributed by atoms with Crippen LogP contribution in [0.1, 0.15) is 16.1 Å². The molecule has 0 aliphatic carbocycles. The van der Waals surface area contributed by atoms with E-state index in [2.05, 4.69) is 16.0 Å². The van der Waals surface area contributed by atoms with Crippen molar-refractivity contribution in [3.05, 3.63) is 82.3 Å². The van der Waals surface area contributed by atoms with Crippen molar-refractivity contribution in [3.8, 4) is 5.75 Å². The van der Waals surface area contributed by atoms with Crippen LogP contribution in [0, 0.1) is 10.1 Å². The number of hydrogen-bond acceptors (Lipinski definition) is 7. The largest absolute Gasteiger partial charge is 0.496 e. The molecular weight excluding hydrogens is 404 g/mol. The molecule has 0 spiro atoms. The monoisotopic (exact) mass is 424 g/mol. The minimum Gasteiger partial charge on any atom is -0.496 e. The summed E-state index contributed by atoms with van der Waals surface area (Å²) in [6.07, 6.45) is 1.52. The lowest BCUT2D eigenvalue weighted by atomic mass is 10.1. The van der Waals surface area contributed by atoms with E-state index in [4.69, 9.17) is 9.15 Å². The van der Waals surface area contributed by atoms with Crippen LogP contribution < -0.4 is 20.7 Å². The maximum absolute atomic E-state index is 12.5. The molecule has 0 radical (unpaired) electrons. The average Bonchev–Trinajstić information content (AvgIpc) is 3.30. The highest BCUT2D eigenvalue weighted by molar-refractivity contribution is 6.01. The zero-order valence-electron chi connectivity index (χ0n) is 16.6. The Morgan fingerprint density at radius 3 is 2.61 bits per heavy atom. The number of ether oxygens (including phenoxy) is 1. The number of nitrogens with zero attached hydrogens (tertiary/aromatic N) is 1. The Balaban J connectivity index is 1.63. The van der Waals surface area contributed by atoms with E-state index >= 15 is 0 Å². The number of anilines is 2. The van der Waals surface area contributed by atoms with Gasteiger partial charge in [-0.3, -0.25) is 19.7 Å². The van der Waals surface area contributed by atoms with Gasteiger partial charge in [0.25, 0.3) is 11.6 Å². The maximum atomic E-state index is 12.5. The highest BCUT2D eigenvalue weighted by Crippen LogP contribution is 2.28. The SMILES string of the molecule is COc1ccc(NC(=O)CNc2ccccc2C(=O)NCc2ccco2)c([N+](=O)[O-])c1. The molecule has 2 amide bonds. The van der Waals surface area contributed by atoms with Gasteiger partial charge in [-0.1, -0.05) is 12.1 Å². The Morgan fingerprint density at radius 2 is 1.90 bits per heavy atom. The van der Waals surface area contributed by atoms with Crippen LogP contribution in [0.15, 0.2) is 65.3 Å². The number of amides is 2. The predicted molar refractivity (Wildman–Crippen MR) is 113 cm³/mol. The molecule has 31 heavy (non-hydrogen) atoms. The molecular formula is C21H20N4O6. The second kappa shape index (κ2) is 9.92. The smallest absolute Gasteiger partial charge is 0.296 e. The van der Waals surface area contributed by atoms with E-state index in [0.717, 1.165) is 0 Å². The van der Waals surface area contributed by atoms with Gasteiger partial charge in [-0.2, -0.15) is 0 Å². The minimum absolute atomic E-state index is 0.0436. The fourth-order valence-corrected chi connectivity index (χ4v) is 2.78. The zero-order valence-corrected chi connectivity index (χ0v) is 16.6. The number of nitrogens with one attached hydrogen (secondary N) is 3. The van der Waals surface area contributed by atoms with Crippen molar-refractivity contribution >= 4 is 28.9 Å². The third kappa shape index (κ3) is 5.60. The van der Waals surface area contributed by atoms with Gasteiger partial charge >= 0.3 is 0 Å². The summed E-state index contributed by atoms with van der Waals surface area (Å²) in [5.41, 5.74) is 0.545. The summed E-state index contributed by atoms with van der Waals surface area (Å²) in [5.74, 6) is 0.0568. The van der Waals surface area contributed by atoms with Crippen LogP contribution in [0.25, 0.3) is 0 Å². The summed E-state index contributed by atoms with van der Waals surface area (Å²) in [4.78, 5) is 35.5.